The van der Waals surface area contributed by atoms with Gasteiger partial charge in [-0.25, -0.2) is 4.79 Å². The number of carbonyl (C=O) groups excluding carboxylic acids is 1. The Labute approximate surface area is 116 Å². The van der Waals surface area contributed by atoms with Crippen LogP contribution < -0.4 is 5.32 Å². The average molecular weight is 288 g/mol. The molecule has 0 radical (unpaired) electrons. The second-order valence-corrected chi connectivity index (χ2v) is 6.34. The van der Waals surface area contributed by atoms with Gasteiger partial charge in [0.15, 0.2) is 0 Å². The maximum atomic E-state index is 12.1. The van der Waals surface area contributed by atoms with Gasteiger partial charge in [-0.05, 0) is 25.9 Å². The zero-order valence-electron chi connectivity index (χ0n) is 10.7. The minimum atomic E-state index is -1.03. The molecule has 2 rings (SSSR count). The molecule has 2 aliphatic heterocycles. The molecule has 1 amide bonds. The molecule has 0 aromatic carbocycles. The number of thioether (sulfide) groups is 1. The van der Waals surface area contributed by atoms with E-state index in [4.69, 9.17) is 5.11 Å². The molecule has 108 valence electrons. The van der Waals surface area contributed by atoms with Crippen molar-refractivity contribution >= 4 is 23.6 Å². The molecular weight excluding hydrogens is 268 g/mol. The van der Waals surface area contributed by atoms with E-state index in [1.807, 2.05) is 0 Å². The Balaban J connectivity index is 1.82. The van der Waals surface area contributed by atoms with E-state index >= 15 is 0 Å². The van der Waals surface area contributed by atoms with E-state index < -0.39 is 18.1 Å². The van der Waals surface area contributed by atoms with Crippen LogP contribution in [0, 0.1) is 0 Å². The van der Waals surface area contributed by atoms with Gasteiger partial charge in [-0.2, -0.15) is 0 Å². The standard InChI is InChI=1S/C12H20N2O4S/c15-8-5-10(12(17)18)14(6-8)11(16)7-19-9-1-3-13-4-2-9/h8-10,13,15H,1-7H2,(H,17,18)/t8?,10-/m0/s1. The fraction of sp³-hybridized carbons (Fsp3) is 0.833. The van der Waals surface area contributed by atoms with E-state index in [2.05, 4.69) is 5.32 Å². The molecule has 0 aliphatic carbocycles. The summed E-state index contributed by atoms with van der Waals surface area (Å²) in [6, 6.07) is -0.865. The van der Waals surface area contributed by atoms with Gasteiger partial charge in [-0.15, -0.1) is 11.8 Å². The second kappa shape index (κ2) is 6.58. The Morgan fingerprint density at radius 2 is 2.00 bits per heavy atom. The van der Waals surface area contributed by atoms with Gasteiger partial charge < -0.3 is 20.4 Å². The first kappa shape index (κ1) is 14.6. The lowest BCUT2D eigenvalue weighted by Crippen LogP contribution is -2.42. The summed E-state index contributed by atoms with van der Waals surface area (Å²) < 4.78 is 0. The molecule has 2 saturated heterocycles. The van der Waals surface area contributed by atoms with Gasteiger partial charge >= 0.3 is 5.97 Å². The number of rotatable bonds is 4. The van der Waals surface area contributed by atoms with Crippen LogP contribution in [-0.2, 0) is 9.59 Å². The SMILES string of the molecule is O=C(O)[C@@H]1CC(O)CN1C(=O)CSC1CCNCC1. The number of piperidine rings is 1. The van der Waals surface area contributed by atoms with E-state index in [0.717, 1.165) is 25.9 Å². The van der Waals surface area contributed by atoms with Gasteiger partial charge in [0.2, 0.25) is 5.91 Å². The molecule has 0 spiro atoms. The molecule has 19 heavy (non-hydrogen) atoms. The molecule has 0 aromatic heterocycles. The summed E-state index contributed by atoms with van der Waals surface area (Å²) in [6.07, 6.45) is 1.51. The zero-order valence-corrected chi connectivity index (χ0v) is 11.6. The van der Waals surface area contributed by atoms with Gasteiger partial charge in [0.25, 0.3) is 0 Å². The van der Waals surface area contributed by atoms with Crippen molar-refractivity contribution < 1.29 is 19.8 Å². The summed E-state index contributed by atoms with van der Waals surface area (Å²) in [6.45, 7) is 2.10. The highest BCUT2D eigenvalue weighted by molar-refractivity contribution is 8.00. The minimum absolute atomic E-state index is 0.138. The van der Waals surface area contributed by atoms with E-state index in [0.29, 0.717) is 11.0 Å². The second-order valence-electron chi connectivity index (χ2n) is 5.05. The fourth-order valence-corrected chi connectivity index (χ4v) is 3.67. The van der Waals surface area contributed by atoms with Crippen LogP contribution in [-0.4, -0.2) is 69.8 Å². The number of nitrogens with zero attached hydrogens (tertiary/aromatic N) is 1. The van der Waals surface area contributed by atoms with Crippen LogP contribution in [0.3, 0.4) is 0 Å². The highest BCUT2D eigenvalue weighted by atomic mass is 32.2. The van der Waals surface area contributed by atoms with Crippen LogP contribution in [0.5, 0.6) is 0 Å². The minimum Gasteiger partial charge on any atom is -0.480 e. The molecule has 7 heteroatoms. The van der Waals surface area contributed by atoms with Gasteiger partial charge in [0, 0.05) is 18.2 Å². The van der Waals surface area contributed by atoms with E-state index in [-0.39, 0.29) is 18.9 Å². The van der Waals surface area contributed by atoms with Crippen LogP contribution in [0.2, 0.25) is 0 Å². The number of amides is 1. The number of carboxylic acids is 1. The van der Waals surface area contributed by atoms with Crippen molar-refractivity contribution in [1.82, 2.24) is 10.2 Å². The number of carboxylic acid groups (broad SMARTS) is 1. The van der Waals surface area contributed by atoms with Gasteiger partial charge in [-0.1, -0.05) is 0 Å². The third kappa shape index (κ3) is 3.84. The molecule has 2 aliphatic rings. The van der Waals surface area contributed by atoms with Crippen LogP contribution in [0.15, 0.2) is 0 Å². The van der Waals surface area contributed by atoms with Crippen molar-refractivity contribution in [2.75, 3.05) is 25.4 Å². The highest BCUT2D eigenvalue weighted by Gasteiger charge is 2.38. The number of aliphatic carboxylic acids is 1. The third-order valence-corrected chi connectivity index (χ3v) is 4.97. The topological polar surface area (TPSA) is 89.9 Å². The zero-order chi connectivity index (χ0) is 13.8. The maximum absolute atomic E-state index is 12.1. The monoisotopic (exact) mass is 288 g/mol. The van der Waals surface area contributed by atoms with Crippen molar-refractivity contribution in [1.29, 1.82) is 0 Å². The van der Waals surface area contributed by atoms with Crippen LogP contribution >= 0.6 is 11.8 Å². The molecule has 2 heterocycles. The van der Waals surface area contributed by atoms with Crippen molar-refractivity contribution in [3.8, 4) is 0 Å². The first-order valence-corrected chi connectivity index (χ1v) is 7.65. The van der Waals surface area contributed by atoms with Crippen molar-refractivity contribution in [3.05, 3.63) is 0 Å². The number of likely N-dealkylation sites (tertiary alicyclic amines) is 1. The molecule has 2 atom stereocenters. The number of β-amino-alcohol motifs (C(OH)–C–C–N with tert-alkyl or cyclic N) is 1. The van der Waals surface area contributed by atoms with E-state index in [9.17, 15) is 14.7 Å². The van der Waals surface area contributed by atoms with Crippen molar-refractivity contribution in [3.63, 3.8) is 0 Å². The maximum Gasteiger partial charge on any atom is 0.326 e. The highest BCUT2D eigenvalue weighted by Crippen LogP contribution is 2.23. The lowest BCUT2D eigenvalue weighted by Gasteiger charge is -2.24. The summed E-state index contributed by atoms with van der Waals surface area (Å²) >= 11 is 1.60. The summed E-state index contributed by atoms with van der Waals surface area (Å²) in [5.41, 5.74) is 0. The fourth-order valence-electron chi connectivity index (χ4n) is 2.56. The van der Waals surface area contributed by atoms with Crippen LogP contribution in [0.4, 0.5) is 0 Å². The average Bonchev–Trinajstić information content (AvgIpc) is 2.79. The summed E-state index contributed by atoms with van der Waals surface area (Å²) in [5.74, 6) is -0.898. The lowest BCUT2D eigenvalue weighted by molar-refractivity contribution is -0.147. The number of aliphatic hydroxyl groups is 1. The molecule has 0 aromatic rings. The number of nitrogens with one attached hydrogen (secondary N) is 1. The smallest absolute Gasteiger partial charge is 0.326 e. The van der Waals surface area contributed by atoms with Crippen molar-refractivity contribution in [2.45, 2.75) is 36.7 Å². The van der Waals surface area contributed by atoms with Gasteiger partial charge in [0.1, 0.15) is 6.04 Å². The van der Waals surface area contributed by atoms with Crippen LogP contribution in [0.1, 0.15) is 19.3 Å². The van der Waals surface area contributed by atoms with Gasteiger partial charge in [0.05, 0.1) is 11.9 Å². The third-order valence-electron chi connectivity index (χ3n) is 3.61. The number of hydrogen-bond donors (Lipinski definition) is 3. The predicted molar refractivity (Wildman–Crippen MR) is 72.1 cm³/mol. The Morgan fingerprint density at radius 3 is 2.63 bits per heavy atom. The Bertz CT molecular complexity index is 347. The first-order chi connectivity index (χ1) is 9.08. The largest absolute Gasteiger partial charge is 0.480 e. The van der Waals surface area contributed by atoms with Crippen LogP contribution in [0.25, 0.3) is 0 Å². The number of hydrogen-bond acceptors (Lipinski definition) is 5. The Morgan fingerprint density at radius 1 is 1.32 bits per heavy atom. The predicted octanol–water partition coefficient (Wildman–Crippen LogP) is -0.482. The summed E-state index contributed by atoms with van der Waals surface area (Å²) in [5, 5.41) is 22.3. The molecule has 0 saturated carbocycles. The normalized spacial score (nSPS) is 28.6. The molecule has 3 N–H and O–H groups in total. The van der Waals surface area contributed by atoms with Gasteiger partial charge in [-0.3, -0.25) is 4.79 Å². The number of aliphatic hydroxyl groups excluding tert-OH is 1. The van der Waals surface area contributed by atoms with Crippen molar-refractivity contribution in [2.24, 2.45) is 0 Å². The molecule has 1 unspecified atom stereocenters. The lowest BCUT2D eigenvalue weighted by atomic mass is 10.2. The van der Waals surface area contributed by atoms with E-state index in [1.54, 1.807) is 11.8 Å². The molecule has 2 fully saturated rings. The van der Waals surface area contributed by atoms with E-state index in [1.165, 1.54) is 4.90 Å². The number of carbonyl (C=O) groups is 2. The molecular formula is C12H20N2O4S. The Hall–Kier alpha value is -0.790. The summed E-state index contributed by atoms with van der Waals surface area (Å²) in [7, 11) is 0. The molecule has 0 bridgehead atoms. The summed E-state index contributed by atoms with van der Waals surface area (Å²) in [4.78, 5) is 24.4. The quantitative estimate of drug-likeness (QED) is 0.647. The Kier molecular flexibility index (Phi) is 5.06. The molecule has 6 nitrogen and oxygen atoms in total. The first-order valence-electron chi connectivity index (χ1n) is 6.60.